The lowest BCUT2D eigenvalue weighted by atomic mass is 10.1. The standard InChI is InChI=1S/C17H17N3O/c18-16-7-6-13(17-15(16)5-3-10-20-17)12-21-11-8-14-4-1-2-9-19-14/h1-7,9-10H,8,11-12,18H2. The third kappa shape index (κ3) is 3.17. The molecule has 0 radical (unpaired) electrons. The van der Waals surface area contributed by atoms with Gasteiger partial charge in [0.05, 0.1) is 18.7 Å². The zero-order valence-corrected chi connectivity index (χ0v) is 11.7. The number of hydrogen-bond acceptors (Lipinski definition) is 4. The van der Waals surface area contributed by atoms with Crippen molar-refractivity contribution in [3.63, 3.8) is 0 Å². The van der Waals surface area contributed by atoms with E-state index >= 15 is 0 Å². The summed E-state index contributed by atoms with van der Waals surface area (Å²) in [6.45, 7) is 1.16. The number of anilines is 1. The van der Waals surface area contributed by atoms with Gasteiger partial charge < -0.3 is 10.5 Å². The van der Waals surface area contributed by atoms with E-state index in [1.54, 1.807) is 12.4 Å². The summed E-state index contributed by atoms with van der Waals surface area (Å²) < 4.78 is 5.75. The first-order valence-corrected chi connectivity index (χ1v) is 6.94. The van der Waals surface area contributed by atoms with Crippen LogP contribution in [0.15, 0.2) is 54.9 Å². The van der Waals surface area contributed by atoms with Crippen LogP contribution in [0.3, 0.4) is 0 Å². The van der Waals surface area contributed by atoms with Crippen LogP contribution in [0.5, 0.6) is 0 Å². The highest BCUT2D eigenvalue weighted by molar-refractivity contribution is 5.92. The highest BCUT2D eigenvalue weighted by atomic mass is 16.5. The van der Waals surface area contributed by atoms with E-state index < -0.39 is 0 Å². The first kappa shape index (κ1) is 13.5. The number of rotatable bonds is 5. The minimum atomic E-state index is 0.528. The van der Waals surface area contributed by atoms with Crippen LogP contribution in [0.2, 0.25) is 0 Å². The van der Waals surface area contributed by atoms with E-state index in [-0.39, 0.29) is 0 Å². The lowest BCUT2D eigenvalue weighted by molar-refractivity contribution is 0.124. The van der Waals surface area contributed by atoms with Gasteiger partial charge in [0.15, 0.2) is 0 Å². The summed E-state index contributed by atoms with van der Waals surface area (Å²) >= 11 is 0. The smallest absolute Gasteiger partial charge is 0.0777 e. The zero-order valence-electron chi connectivity index (χ0n) is 11.7. The van der Waals surface area contributed by atoms with Crippen molar-refractivity contribution in [1.82, 2.24) is 9.97 Å². The molecule has 0 amide bonds. The first-order valence-electron chi connectivity index (χ1n) is 6.94. The van der Waals surface area contributed by atoms with Gasteiger partial charge in [-0.15, -0.1) is 0 Å². The van der Waals surface area contributed by atoms with Gasteiger partial charge in [0.1, 0.15) is 0 Å². The maximum Gasteiger partial charge on any atom is 0.0777 e. The lowest BCUT2D eigenvalue weighted by Crippen LogP contribution is -2.02. The number of fused-ring (bicyclic) bond motifs is 1. The van der Waals surface area contributed by atoms with E-state index in [2.05, 4.69) is 9.97 Å². The van der Waals surface area contributed by atoms with Crippen LogP contribution in [0.25, 0.3) is 10.9 Å². The molecule has 0 unspecified atom stereocenters. The van der Waals surface area contributed by atoms with Crippen molar-refractivity contribution >= 4 is 16.6 Å². The number of nitrogens with two attached hydrogens (primary N) is 1. The number of hydrogen-bond donors (Lipinski definition) is 1. The number of nitrogen functional groups attached to an aromatic ring is 1. The predicted octanol–water partition coefficient (Wildman–Crippen LogP) is 2.97. The highest BCUT2D eigenvalue weighted by Crippen LogP contribution is 2.23. The highest BCUT2D eigenvalue weighted by Gasteiger charge is 2.05. The largest absolute Gasteiger partial charge is 0.398 e. The molecule has 21 heavy (non-hydrogen) atoms. The van der Waals surface area contributed by atoms with Gasteiger partial charge in [-0.1, -0.05) is 12.1 Å². The Kier molecular flexibility index (Phi) is 4.07. The van der Waals surface area contributed by atoms with E-state index in [1.165, 1.54) is 0 Å². The van der Waals surface area contributed by atoms with Gasteiger partial charge in [-0.25, -0.2) is 0 Å². The monoisotopic (exact) mass is 279 g/mol. The Morgan fingerprint density at radius 3 is 2.71 bits per heavy atom. The molecule has 0 aliphatic rings. The van der Waals surface area contributed by atoms with Gasteiger partial charge in [0, 0.05) is 41.1 Å². The summed E-state index contributed by atoms with van der Waals surface area (Å²) in [6, 6.07) is 13.7. The second-order valence-electron chi connectivity index (χ2n) is 4.84. The van der Waals surface area contributed by atoms with Gasteiger partial charge in [-0.05, 0) is 30.3 Å². The molecular formula is C17H17N3O. The van der Waals surface area contributed by atoms with Gasteiger partial charge in [-0.3, -0.25) is 9.97 Å². The third-order valence-electron chi connectivity index (χ3n) is 3.37. The second kappa shape index (κ2) is 6.33. The van der Waals surface area contributed by atoms with E-state index in [0.29, 0.717) is 13.2 Å². The summed E-state index contributed by atoms with van der Waals surface area (Å²) in [7, 11) is 0. The van der Waals surface area contributed by atoms with Gasteiger partial charge in [0.2, 0.25) is 0 Å². The number of ether oxygens (including phenoxy) is 1. The van der Waals surface area contributed by atoms with E-state index in [4.69, 9.17) is 10.5 Å². The van der Waals surface area contributed by atoms with Crippen molar-refractivity contribution in [2.24, 2.45) is 0 Å². The molecule has 0 bridgehead atoms. The molecule has 2 aromatic heterocycles. The Balaban J connectivity index is 1.65. The van der Waals surface area contributed by atoms with Crippen LogP contribution >= 0.6 is 0 Å². The maximum absolute atomic E-state index is 5.97. The molecular weight excluding hydrogens is 262 g/mol. The Bertz CT molecular complexity index is 728. The molecule has 2 heterocycles. The van der Waals surface area contributed by atoms with Crippen LogP contribution in [0, 0.1) is 0 Å². The summed E-state index contributed by atoms with van der Waals surface area (Å²) in [5.41, 5.74) is 9.72. The van der Waals surface area contributed by atoms with Crippen LogP contribution in [-0.4, -0.2) is 16.6 Å². The Morgan fingerprint density at radius 1 is 0.952 bits per heavy atom. The third-order valence-corrected chi connectivity index (χ3v) is 3.37. The molecule has 1 aromatic carbocycles. The summed E-state index contributed by atoms with van der Waals surface area (Å²) in [6.07, 6.45) is 4.38. The fraction of sp³-hybridized carbons (Fsp3) is 0.176. The molecule has 0 saturated heterocycles. The van der Waals surface area contributed by atoms with Gasteiger partial charge in [-0.2, -0.15) is 0 Å². The quantitative estimate of drug-likeness (QED) is 0.576. The predicted molar refractivity (Wildman–Crippen MR) is 83.8 cm³/mol. The molecule has 4 nitrogen and oxygen atoms in total. The lowest BCUT2D eigenvalue weighted by Gasteiger charge is -2.08. The van der Waals surface area contributed by atoms with Crippen molar-refractivity contribution in [3.05, 3.63) is 66.1 Å². The van der Waals surface area contributed by atoms with Crippen LogP contribution in [0.1, 0.15) is 11.3 Å². The Hall–Kier alpha value is -2.46. The SMILES string of the molecule is Nc1ccc(COCCc2ccccn2)c2ncccc12. The number of pyridine rings is 2. The molecule has 0 aliphatic heterocycles. The molecule has 0 fully saturated rings. The molecule has 3 rings (SSSR count). The molecule has 106 valence electrons. The fourth-order valence-corrected chi connectivity index (χ4v) is 2.27. The Labute approximate surface area is 123 Å². The molecule has 0 atom stereocenters. The zero-order chi connectivity index (χ0) is 14.5. The average molecular weight is 279 g/mol. The molecule has 2 N–H and O–H groups in total. The van der Waals surface area contributed by atoms with Crippen LogP contribution in [0.4, 0.5) is 5.69 Å². The van der Waals surface area contributed by atoms with E-state index in [0.717, 1.165) is 34.3 Å². The Morgan fingerprint density at radius 2 is 1.86 bits per heavy atom. The topological polar surface area (TPSA) is 61.0 Å². The molecule has 0 spiro atoms. The summed E-state index contributed by atoms with van der Waals surface area (Å²) in [4.78, 5) is 8.68. The van der Waals surface area contributed by atoms with Crippen molar-refractivity contribution in [2.45, 2.75) is 13.0 Å². The van der Waals surface area contributed by atoms with Gasteiger partial charge >= 0.3 is 0 Å². The normalized spacial score (nSPS) is 10.9. The summed E-state index contributed by atoms with van der Waals surface area (Å²) in [5.74, 6) is 0. The number of nitrogens with zero attached hydrogens (tertiary/aromatic N) is 2. The van der Waals surface area contributed by atoms with Crippen LogP contribution < -0.4 is 5.73 Å². The van der Waals surface area contributed by atoms with Crippen molar-refractivity contribution in [1.29, 1.82) is 0 Å². The van der Waals surface area contributed by atoms with E-state index in [9.17, 15) is 0 Å². The minimum Gasteiger partial charge on any atom is -0.398 e. The maximum atomic E-state index is 5.97. The average Bonchev–Trinajstić information content (AvgIpc) is 2.55. The van der Waals surface area contributed by atoms with Crippen molar-refractivity contribution in [3.8, 4) is 0 Å². The molecule has 4 heteroatoms. The molecule has 0 saturated carbocycles. The summed E-state index contributed by atoms with van der Waals surface area (Å²) in [5, 5.41) is 0.975. The molecule has 0 aliphatic carbocycles. The minimum absolute atomic E-state index is 0.528. The number of aromatic nitrogens is 2. The van der Waals surface area contributed by atoms with E-state index in [1.807, 2.05) is 42.5 Å². The second-order valence-corrected chi connectivity index (χ2v) is 4.84. The van der Waals surface area contributed by atoms with Crippen LogP contribution in [-0.2, 0) is 17.8 Å². The van der Waals surface area contributed by atoms with Crippen molar-refractivity contribution in [2.75, 3.05) is 12.3 Å². The number of benzene rings is 1. The fourth-order valence-electron chi connectivity index (χ4n) is 2.27. The van der Waals surface area contributed by atoms with Gasteiger partial charge in [0.25, 0.3) is 0 Å². The molecule has 3 aromatic rings. The first-order chi connectivity index (χ1) is 10.3. The van der Waals surface area contributed by atoms with Crippen molar-refractivity contribution < 1.29 is 4.74 Å².